The first-order valence-electron chi connectivity index (χ1n) is 5.68. The summed E-state index contributed by atoms with van der Waals surface area (Å²) in [6, 6.07) is -0.587. The van der Waals surface area contributed by atoms with Crippen molar-refractivity contribution in [3.05, 3.63) is 0 Å². The predicted octanol–water partition coefficient (Wildman–Crippen LogP) is 0.461. The van der Waals surface area contributed by atoms with Gasteiger partial charge in [-0.1, -0.05) is 6.42 Å². The molecule has 1 rings (SSSR count). The number of carbonyl (C=O) groups excluding carboxylic acids is 2. The molecular formula is C11H21ClN2O3. The number of halogens is 1. The molecule has 0 spiro atoms. The largest absolute Gasteiger partial charge is 0.467 e. The molecule has 1 fully saturated rings. The highest BCUT2D eigenvalue weighted by molar-refractivity contribution is 5.86. The molecule has 0 saturated heterocycles. The topological polar surface area (TPSA) is 81.4 Å². The summed E-state index contributed by atoms with van der Waals surface area (Å²) < 4.78 is 4.55. The molecular weight excluding hydrogens is 244 g/mol. The van der Waals surface area contributed by atoms with Crippen molar-refractivity contribution in [1.29, 1.82) is 0 Å². The first kappa shape index (κ1) is 16.2. The summed E-state index contributed by atoms with van der Waals surface area (Å²) in [6.45, 7) is 2.15. The van der Waals surface area contributed by atoms with E-state index in [2.05, 4.69) is 10.1 Å². The molecule has 0 unspecified atom stereocenters. The van der Waals surface area contributed by atoms with Crippen LogP contribution in [0.4, 0.5) is 0 Å². The van der Waals surface area contributed by atoms with Gasteiger partial charge in [-0.05, 0) is 32.2 Å². The van der Waals surface area contributed by atoms with Gasteiger partial charge in [-0.25, -0.2) is 4.79 Å². The van der Waals surface area contributed by atoms with Gasteiger partial charge in [-0.3, -0.25) is 4.79 Å². The monoisotopic (exact) mass is 264 g/mol. The van der Waals surface area contributed by atoms with Gasteiger partial charge in [-0.2, -0.15) is 0 Å². The van der Waals surface area contributed by atoms with Crippen molar-refractivity contribution >= 4 is 24.3 Å². The summed E-state index contributed by atoms with van der Waals surface area (Å²) in [6.07, 6.45) is 2.90. The van der Waals surface area contributed by atoms with Crippen molar-refractivity contribution in [2.75, 3.05) is 13.7 Å². The molecule has 0 aromatic rings. The van der Waals surface area contributed by atoms with E-state index in [0.717, 1.165) is 19.3 Å². The van der Waals surface area contributed by atoms with E-state index in [0.29, 0.717) is 6.54 Å². The lowest BCUT2D eigenvalue weighted by atomic mass is 9.95. The molecule has 0 aromatic carbocycles. The second-order valence-electron chi connectivity index (χ2n) is 4.29. The zero-order valence-corrected chi connectivity index (χ0v) is 11.1. The minimum absolute atomic E-state index is 0. The molecule has 6 heteroatoms. The average Bonchev–Trinajstić information content (AvgIpc) is 2.75. The fourth-order valence-electron chi connectivity index (χ4n) is 2.22. The van der Waals surface area contributed by atoms with Crippen molar-refractivity contribution in [3.63, 3.8) is 0 Å². The summed E-state index contributed by atoms with van der Waals surface area (Å²) in [7, 11) is 1.31. The van der Waals surface area contributed by atoms with Crippen molar-refractivity contribution in [3.8, 4) is 0 Å². The number of hydrogen-bond donors (Lipinski definition) is 2. The number of amides is 1. The van der Waals surface area contributed by atoms with Crippen LogP contribution in [0.2, 0.25) is 0 Å². The van der Waals surface area contributed by atoms with E-state index >= 15 is 0 Å². The van der Waals surface area contributed by atoms with Crippen molar-refractivity contribution in [2.45, 2.75) is 32.2 Å². The third-order valence-corrected chi connectivity index (χ3v) is 3.21. The van der Waals surface area contributed by atoms with Gasteiger partial charge in [0.05, 0.1) is 7.11 Å². The first-order chi connectivity index (χ1) is 7.60. The van der Waals surface area contributed by atoms with Crippen molar-refractivity contribution in [2.24, 2.45) is 17.6 Å². The highest BCUT2D eigenvalue weighted by atomic mass is 35.5. The lowest BCUT2D eigenvalue weighted by molar-refractivity contribution is -0.145. The number of methoxy groups -OCH3 is 1. The van der Waals surface area contributed by atoms with E-state index in [-0.39, 0.29) is 30.2 Å². The Balaban J connectivity index is 0.00000256. The molecule has 0 radical (unpaired) electrons. The molecule has 0 heterocycles. The molecule has 1 aliphatic carbocycles. The third kappa shape index (κ3) is 4.16. The fourth-order valence-corrected chi connectivity index (χ4v) is 2.22. The summed E-state index contributed by atoms with van der Waals surface area (Å²) in [5.74, 6) is -0.288. The van der Waals surface area contributed by atoms with Crippen LogP contribution in [-0.2, 0) is 14.3 Å². The van der Waals surface area contributed by atoms with E-state index in [1.165, 1.54) is 7.11 Å². The fraction of sp³-hybridized carbons (Fsp3) is 0.818. The molecule has 100 valence electrons. The van der Waals surface area contributed by atoms with E-state index in [1.807, 2.05) is 0 Å². The molecule has 0 aliphatic heterocycles. The Labute approximate surface area is 108 Å². The highest BCUT2D eigenvalue weighted by Gasteiger charge is 2.33. The van der Waals surface area contributed by atoms with Crippen LogP contribution < -0.4 is 11.1 Å². The molecule has 3 atom stereocenters. The SMILES string of the molecule is COC(=O)[C@@H](C)NC(=O)[C@@H]1CCC[C@@H]1CN.Cl. The van der Waals surface area contributed by atoms with Gasteiger partial charge in [0.25, 0.3) is 0 Å². The minimum Gasteiger partial charge on any atom is -0.467 e. The van der Waals surface area contributed by atoms with Gasteiger partial charge in [0, 0.05) is 5.92 Å². The van der Waals surface area contributed by atoms with Crippen molar-refractivity contribution in [1.82, 2.24) is 5.32 Å². The molecule has 0 bridgehead atoms. The summed E-state index contributed by atoms with van der Waals surface area (Å²) >= 11 is 0. The van der Waals surface area contributed by atoms with Crippen LogP contribution >= 0.6 is 12.4 Å². The Bertz CT molecular complexity index is 273. The van der Waals surface area contributed by atoms with Crippen LogP contribution in [0.3, 0.4) is 0 Å². The maximum atomic E-state index is 11.9. The summed E-state index contributed by atoms with van der Waals surface area (Å²) in [5.41, 5.74) is 5.61. The lowest BCUT2D eigenvalue weighted by Crippen LogP contribution is -2.43. The maximum Gasteiger partial charge on any atom is 0.328 e. The van der Waals surface area contributed by atoms with Gasteiger partial charge in [0.1, 0.15) is 6.04 Å². The molecule has 1 saturated carbocycles. The number of esters is 1. The van der Waals surface area contributed by atoms with Crippen LogP contribution in [0.25, 0.3) is 0 Å². The van der Waals surface area contributed by atoms with Crippen LogP contribution in [0.5, 0.6) is 0 Å². The maximum absolute atomic E-state index is 11.9. The molecule has 17 heavy (non-hydrogen) atoms. The van der Waals surface area contributed by atoms with Crippen LogP contribution in [0.15, 0.2) is 0 Å². The number of rotatable bonds is 4. The van der Waals surface area contributed by atoms with Gasteiger partial charge < -0.3 is 15.8 Å². The Morgan fingerprint density at radius 3 is 2.65 bits per heavy atom. The van der Waals surface area contributed by atoms with Gasteiger partial charge in [0.2, 0.25) is 5.91 Å². The second kappa shape index (κ2) is 7.50. The standard InChI is InChI=1S/C11H20N2O3.ClH/c1-7(11(15)16-2)13-10(14)9-5-3-4-8(9)6-12;/h7-9H,3-6,12H2,1-2H3,(H,13,14);1H/t7-,8-,9-;/m1./s1. The zero-order chi connectivity index (χ0) is 12.1. The molecule has 0 aromatic heterocycles. The van der Waals surface area contributed by atoms with E-state index in [4.69, 9.17) is 5.73 Å². The van der Waals surface area contributed by atoms with Crippen LogP contribution in [0.1, 0.15) is 26.2 Å². The smallest absolute Gasteiger partial charge is 0.328 e. The minimum atomic E-state index is -0.587. The Kier molecular flexibility index (Phi) is 7.15. The van der Waals surface area contributed by atoms with Gasteiger partial charge in [-0.15, -0.1) is 12.4 Å². The lowest BCUT2D eigenvalue weighted by Gasteiger charge is -2.19. The second-order valence-corrected chi connectivity index (χ2v) is 4.29. The van der Waals surface area contributed by atoms with E-state index in [1.54, 1.807) is 6.92 Å². The number of ether oxygens (including phenoxy) is 1. The van der Waals surface area contributed by atoms with Crippen LogP contribution in [-0.4, -0.2) is 31.6 Å². The number of carbonyl (C=O) groups is 2. The molecule has 1 aliphatic rings. The number of nitrogens with two attached hydrogens (primary N) is 1. The van der Waals surface area contributed by atoms with E-state index < -0.39 is 12.0 Å². The Morgan fingerprint density at radius 1 is 1.47 bits per heavy atom. The molecule has 1 amide bonds. The third-order valence-electron chi connectivity index (χ3n) is 3.21. The van der Waals surface area contributed by atoms with E-state index in [9.17, 15) is 9.59 Å². The number of nitrogens with one attached hydrogen (secondary N) is 1. The first-order valence-corrected chi connectivity index (χ1v) is 5.68. The zero-order valence-electron chi connectivity index (χ0n) is 10.3. The van der Waals surface area contributed by atoms with Crippen molar-refractivity contribution < 1.29 is 14.3 Å². The highest BCUT2D eigenvalue weighted by Crippen LogP contribution is 2.30. The quantitative estimate of drug-likeness (QED) is 0.723. The van der Waals surface area contributed by atoms with Crippen LogP contribution in [0, 0.1) is 11.8 Å². The summed E-state index contributed by atoms with van der Waals surface area (Å²) in [5, 5.41) is 2.67. The predicted molar refractivity (Wildman–Crippen MR) is 66.8 cm³/mol. The molecule has 3 N–H and O–H groups in total. The Hall–Kier alpha value is -0.810. The summed E-state index contributed by atoms with van der Waals surface area (Å²) in [4.78, 5) is 23.0. The molecule has 5 nitrogen and oxygen atoms in total. The normalized spacial score (nSPS) is 24.6. The average molecular weight is 265 g/mol. The van der Waals surface area contributed by atoms with Gasteiger partial charge >= 0.3 is 5.97 Å². The Morgan fingerprint density at radius 2 is 2.12 bits per heavy atom. The number of hydrogen-bond acceptors (Lipinski definition) is 4. The van der Waals surface area contributed by atoms with Gasteiger partial charge in [0.15, 0.2) is 0 Å².